The molecule has 0 aliphatic heterocycles. The predicted molar refractivity (Wildman–Crippen MR) is 138 cm³/mol. The highest BCUT2D eigenvalue weighted by Gasteiger charge is 2.13. The molecule has 1 aromatic heterocycles. The molecule has 4 aromatic rings. The van der Waals surface area contributed by atoms with Crippen molar-refractivity contribution in [2.24, 2.45) is 0 Å². The van der Waals surface area contributed by atoms with E-state index in [-0.39, 0.29) is 12.3 Å². The van der Waals surface area contributed by atoms with E-state index >= 15 is 0 Å². The molecule has 6 heteroatoms. The fraction of sp³-hybridized carbons (Fsp3) is 0.286. The number of carbonyl (C=O) groups excluding carboxylic acids is 1. The number of halogens is 1. The highest BCUT2D eigenvalue weighted by atomic mass is 35.5. The molecule has 0 spiro atoms. The highest BCUT2D eigenvalue weighted by Crippen LogP contribution is 2.26. The summed E-state index contributed by atoms with van der Waals surface area (Å²) >= 11 is 6.18. The van der Waals surface area contributed by atoms with Crippen molar-refractivity contribution in [3.63, 3.8) is 0 Å². The maximum Gasteiger partial charge on any atom is 0.224 e. The number of nitrogens with zero attached hydrogens (tertiary/aromatic N) is 2. The fourth-order valence-corrected chi connectivity index (χ4v) is 4.30. The molecular formula is C28H30ClN3O2. The summed E-state index contributed by atoms with van der Waals surface area (Å²) in [6.45, 7) is 6.06. The Bertz CT molecular complexity index is 1270. The van der Waals surface area contributed by atoms with Gasteiger partial charge in [0.15, 0.2) is 0 Å². The van der Waals surface area contributed by atoms with Crippen LogP contribution < -0.4 is 10.1 Å². The van der Waals surface area contributed by atoms with Crippen molar-refractivity contribution in [1.82, 2.24) is 14.9 Å². The molecule has 1 heterocycles. The number of carbonyl (C=O) groups is 1. The van der Waals surface area contributed by atoms with Crippen LogP contribution in [0.5, 0.6) is 5.75 Å². The summed E-state index contributed by atoms with van der Waals surface area (Å²) in [6, 6.07) is 23.7. The van der Waals surface area contributed by atoms with E-state index < -0.39 is 0 Å². The van der Waals surface area contributed by atoms with Gasteiger partial charge in [0.2, 0.25) is 5.91 Å². The lowest BCUT2D eigenvalue weighted by Crippen LogP contribution is -2.28. The van der Waals surface area contributed by atoms with Crippen molar-refractivity contribution in [3.8, 4) is 5.75 Å². The smallest absolute Gasteiger partial charge is 0.224 e. The van der Waals surface area contributed by atoms with Gasteiger partial charge in [0.1, 0.15) is 18.2 Å². The number of rotatable bonds is 10. The lowest BCUT2D eigenvalue weighted by atomic mass is 10.0. The quantitative estimate of drug-likeness (QED) is 0.315. The fourth-order valence-electron chi connectivity index (χ4n) is 4.09. The second kappa shape index (κ2) is 11.2. The molecule has 0 atom stereocenters. The number of benzene rings is 3. The molecular weight excluding hydrogens is 446 g/mol. The molecule has 34 heavy (non-hydrogen) atoms. The second-order valence-electron chi connectivity index (χ2n) is 8.58. The van der Waals surface area contributed by atoms with Gasteiger partial charge in [-0.1, -0.05) is 74.0 Å². The molecule has 0 fully saturated rings. The van der Waals surface area contributed by atoms with Crippen LogP contribution in [0.25, 0.3) is 11.0 Å². The monoisotopic (exact) mass is 475 g/mol. The number of amides is 1. The SMILES string of the molecule is CC(C)c1ccccc1OCCn1c(CCNC(=O)Cc2ccccc2Cl)nc2ccccc21. The standard InChI is InChI=1S/C28H30ClN3O2/c1-20(2)22-10-4-8-14-26(22)34-18-17-32-25-13-7-6-12-24(25)31-27(32)15-16-30-28(33)19-21-9-3-5-11-23(21)29/h3-14,20H,15-19H2,1-2H3,(H,30,33). The molecule has 0 bridgehead atoms. The van der Waals surface area contributed by atoms with Crippen LogP contribution in [0, 0.1) is 0 Å². The molecule has 0 aliphatic carbocycles. The number of ether oxygens (including phenoxy) is 1. The van der Waals surface area contributed by atoms with E-state index in [4.69, 9.17) is 21.3 Å². The molecule has 5 nitrogen and oxygen atoms in total. The first-order chi connectivity index (χ1) is 16.5. The lowest BCUT2D eigenvalue weighted by molar-refractivity contribution is -0.120. The Kier molecular flexibility index (Phi) is 7.86. The van der Waals surface area contributed by atoms with Gasteiger partial charge in [-0.3, -0.25) is 4.79 Å². The number of hydrogen-bond acceptors (Lipinski definition) is 3. The minimum absolute atomic E-state index is 0.0515. The zero-order valence-electron chi connectivity index (χ0n) is 19.6. The van der Waals surface area contributed by atoms with E-state index in [9.17, 15) is 4.79 Å². The molecule has 1 amide bonds. The van der Waals surface area contributed by atoms with E-state index in [1.54, 1.807) is 6.07 Å². The number of aromatic nitrogens is 2. The second-order valence-corrected chi connectivity index (χ2v) is 8.98. The third-order valence-electron chi connectivity index (χ3n) is 5.83. The Morgan fingerprint density at radius 1 is 1.03 bits per heavy atom. The summed E-state index contributed by atoms with van der Waals surface area (Å²) in [5.41, 5.74) is 4.05. The molecule has 176 valence electrons. The van der Waals surface area contributed by atoms with Crippen LogP contribution in [0.3, 0.4) is 0 Å². The zero-order valence-corrected chi connectivity index (χ0v) is 20.4. The van der Waals surface area contributed by atoms with Gasteiger partial charge in [-0.05, 0) is 41.3 Å². The van der Waals surface area contributed by atoms with Gasteiger partial charge in [-0.2, -0.15) is 0 Å². The molecule has 0 radical (unpaired) electrons. The summed E-state index contributed by atoms with van der Waals surface area (Å²) in [7, 11) is 0. The average Bonchev–Trinajstić information content (AvgIpc) is 3.18. The number of para-hydroxylation sites is 3. The van der Waals surface area contributed by atoms with Crippen molar-refractivity contribution < 1.29 is 9.53 Å². The van der Waals surface area contributed by atoms with E-state index in [1.165, 1.54) is 5.56 Å². The van der Waals surface area contributed by atoms with Gasteiger partial charge < -0.3 is 14.6 Å². The van der Waals surface area contributed by atoms with Crippen LogP contribution in [-0.4, -0.2) is 28.6 Å². The Balaban J connectivity index is 1.40. The first-order valence-electron chi connectivity index (χ1n) is 11.7. The van der Waals surface area contributed by atoms with Crippen LogP contribution >= 0.6 is 11.6 Å². The third-order valence-corrected chi connectivity index (χ3v) is 6.20. The van der Waals surface area contributed by atoms with Gasteiger partial charge in [0.05, 0.1) is 24.0 Å². The van der Waals surface area contributed by atoms with E-state index in [0.29, 0.717) is 37.1 Å². The molecule has 0 aliphatic rings. The summed E-state index contributed by atoms with van der Waals surface area (Å²) < 4.78 is 8.35. The third kappa shape index (κ3) is 5.78. The van der Waals surface area contributed by atoms with Crippen LogP contribution in [0.1, 0.15) is 36.7 Å². The minimum Gasteiger partial charge on any atom is -0.491 e. The maximum atomic E-state index is 12.4. The van der Waals surface area contributed by atoms with Crippen LogP contribution in [0.15, 0.2) is 72.8 Å². The first-order valence-corrected chi connectivity index (χ1v) is 12.1. The zero-order chi connectivity index (χ0) is 23.9. The summed E-state index contributed by atoms with van der Waals surface area (Å²) in [4.78, 5) is 17.2. The topological polar surface area (TPSA) is 56.1 Å². The number of imidazole rings is 1. The predicted octanol–water partition coefficient (Wildman–Crippen LogP) is 5.79. The van der Waals surface area contributed by atoms with Gasteiger partial charge in [-0.15, -0.1) is 0 Å². The Labute approximate surface area is 205 Å². The van der Waals surface area contributed by atoms with Crippen molar-refractivity contribution in [2.45, 2.75) is 39.2 Å². The molecule has 0 saturated heterocycles. The summed E-state index contributed by atoms with van der Waals surface area (Å²) in [6.07, 6.45) is 0.894. The van der Waals surface area contributed by atoms with Gasteiger partial charge in [0.25, 0.3) is 0 Å². The van der Waals surface area contributed by atoms with Crippen LogP contribution in [0.2, 0.25) is 5.02 Å². The number of fused-ring (bicyclic) bond motifs is 1. The van der Waals surface area contributed by atoms with E-state index in [2.05, 4.69) is 35.9 Å². The Morgan fingerprint density at radius 3 is 2.59 bits per heavy atom. The molecule has 3 aromatic carbocycles. The highest BCUT2D eigenvalue weighted by molar-refractivity contribution is 6.31. The largest absolute Gasteiger partial charge is 0.491 e. The van der Waals surface area contributed by atoms with Crippen molar-refractivity contribution in [1.29, 1.82) is 0 Å². The van der Waals surface area contributed by atoms with Crippen molar-refractivity contribution >= 4 is 28.5 Å². The summed E-state index contributed by atoms with van der Waals surface area (Å²) in [5, 5.41) is 3.61. The lowest BCUT2D eigenvalue weighted by Gasteiger charge is -2.15. The van der Waals surface area contributed by atoms with Gasteiger partial charge in [-0.25, -0.2) is 4.98 Å². The number of nitrogens with one attached hydrogen (secondary N) is 1. The molecule has 0 saturated carbocycles. The Morgan fingerprint density at radius 2 is 1.76 bits per heavy atom. The molecule has 4 rings (SSSR count). The minimum atomic E-state index is -0.0515. The number of hydrogen-bond donors (Lipinski definition) is 1. The van der Waals surface area contributed by atoms with Crippen molar-refractivity contribution in [3.05, 3.63) is 94.8 Å². The first kappa shape index (κ1) is 23.8. The average molecular weight is 476 g/mol. The molecule has 1 N–H and O–H groups in total. The van der Waals surface area contributed by atoms with Gasteiger partial charge in [0, 0.05) is 18.0 Å². The maximum absolute atomic E-state index is 12.4. The van der Waals surface area contributed by atoms with Crippen molar-refractivity contribution in [2.75, 3.05) is 13.2 Å². The van der Waals surface area contributed by atoms with Gasteiger partial charge >= 0.3 is 0 Å². The van der Waals surface area contributed by atoms with E-state index in [1.807, 2.05) is 54.6 Å². The van der Waals surface area contributed by atoms with Crippen LogP contribution in [-0.2, 0) is 24.2 Å². The molecule has 0 unspecified atom stereocenters. The Hall–Kier alpha value is -3.31. The normalized spacial score (nSPS) is 11.2. The summed E-state index contributed by atoms with van der Waals surface area (Å²) in [5.74, 6) is 2.20. The van der Waals surface area contributed by atoms with E-state index in [0.717, 1.165) is 28.2 Å². The van der Waals surface area contributed by atoms with Crippen LogP contribution in [0.4, 0.5) is 0 Å².